The Kier molecular flexibility index (Phi) is 6.92. The van der Waals surface area contributed by atoms with Crippen molar-refractivity contribution in [3.8, 4) is 0 Å². The van der Waals surface area contributed by atoms with E-state index in [1.165, 1.54) is 0 Å². The monoisotopic (exact) mass is 687 g/mol. The van der Waals surface area contributed by atoms with Gasteiger partial charge in [-0.15, -0.1) is 23.2 Å². The third kappa shape index (κ3) is 4.08. The first-order valence-electron chi connectivity index (χ1n) is 14.0. The molecule has 0 unspecified atom stereocenters. The van der Waals surface area contributed by atoms with Gasteiger partial charge in [-0.3, -0.25) is 34.9 Å². The van der Waals surface area contributed by atoms with Crippen molar-refractivity contribution in [1.82, 2.24) is 15.8 Å². The molecule has 10 heteroatoms. The van der Waals surface area contributed by atoms with Crippen LogP contribution in [0.2, 0.25) is 0 Å². The Morgan fingerprint density at radius 1 is 0.705 bits per heavy atom. The Hall–Kier alpha value is -3.98. The first kappa shape index (κ1) is 28.8. The Labute approximate surface area is 271 Å². The van der Waals surface area contributed by atoms with Crippen LogP contribution in [-0.2, 0) is 30.6 Å². The van der Waals surface area contributed by atoms with Crippen LogP contribution in [-0.4, -0.2) is 34.6 Å². The Morgan fingerprint density at radius 2 is 1.16 bits per heavy atom. The highest BCUT2D eigenvalue weighted by Crippen LogP contribution is 2.69. The summed E-state index contributed by atoms with van der Waals surface area (Å²) >= 11 is 18.4. The van der Waals surface area contributed by atoms with Gasteiger partial charge >= 0.3 is 0 Å². The second kappa shape index (κ2) is 10.6. The molecule has 3 aliphatic carbocycles. The Balaban J connectivity index is 1.28. The number of alkyl halides is 2. The van der Waals surface area contributed by atoms with E-state index < -0.39 is 51.3 Å². The molecular formula is C34H24BrCl2N3O4. The summed E-state index contributed by atoms with van der Waals surface area (Å²) in [5.41, 5.74) is 8.58. The Morgan fingerprint density at radius 3 is 1.64 bits per heavy atom. The molecule has 4 amide bonds. The molecule has 4 aromatic carbocycles. The van der Waals surface area contributed by atoms with E-state index in [0.29, 0.717) is 27.8 Å². The second-order valence-corrected chi connectivity index (χ2v) is 13.3. The maximum atomic E-state index is 14.5. The molecule has 1 heterocycles. The molecule has 7 nitrogen and oxygen atoms in total. The van der Waals surface area contributed by atoms with Gasteiger partial charge in [0.25, 0.3) is 11.8 Å². The number of rotatable bonds is 5. The SMILES string of the molecule is O=C(NNC(=O)[C@H](Cc1ccccc1)N1C(=O)[C@@H]2[C@H](C1=O)C1(Cl)c3ccccc3C2(Cl)c2ccccc21)c1ccc(Br)cc1. The molecule has 8 rings (SSSR count). The van der Waals surface area contributed by atoms with Crippen molar-refractivity contribution < 1.29 is 19.2 Å². The number of hydrogen-bond acceptors (Lipinski definition) is 4. The molecule has 4 aliphatic rings. The van der Waals surface area contributed by atoms with Crippen LogP contribution in [0, 0.1) is 11.8 Å². The second-order valence-electron chi connectivity index (χ2n) is 11.2. The summed E-state index contributed by atoms with van der Waals surface area (Å²) in [6, 6.07) is 29.1. The predicted molar refractivity (Wildman–Crippen MR) is 169 cm³/mol. The van der Waals surface area contributed by atoms with E-state index in [0.717, 1.165) is 14.9 Å². The fraction of sp³-hybridized carbons (Fsp3) is 0.176. The molecule has 1 fully saturated rings. The first-order chi connectivity index (χ1) is 21.2. The van der Waals surface area contributed by atoms with Gasteiger partial charge in [0, 0.05) is 16.5 Å². The zero-order chi connectivity index (χ0) is 30.8. The largest absolute Gasteiger partial charge is 0.274 e. The lowest BCUT2D eigenvalue weighted by atomic mass is 9.54. The van der Waals surface area contributed by atoms with Crippen LogP contribution in [0.1, 0.15) is 38.2 Å². The van der Waals surface area contributed by atoms with Gasteiger partial charge in [-0.2, -0.15) is 0 Å². The lowest BCUT2D eigenvalue weighted by molar-refractivity contribution is -0.148. The van der Waals surface area contributed by atoms with E-state index in [1.807, 2.05) is 66.7 Å². The third-order valence-corrected chi connectivity index (χ3v) is 10.7. The number of nitrogens with zero attached hydrogens (tertiary/aromatic N) is 1. The highest BCUT2D eigenvalue weighted by Gasteiger charge is 2.73. The van der Waals surface area contributed by atoms with Crippen LogP contribution < -0.4 is 10.9 Å². The van der Waals surface area contributed by atoms with Gasteiger partial charge in [-0.05, 0) is 52.1 Å². The molecule has 44 heavy (non-hydrogen) atoms. The van der Waals surface area contributed by atoms with Crippen LogP contribution >= 0.6 is 39.1 Å². The zero-order valence-corrected chi connectivity index (χ0v) is 26.1. The standard InChI is InChI=1S/C34H24BrCl2N3O4/c35-21-16-14-20(15-17-21)29(41)38-39-30(42)26(18-19-8-2-1-3-9-19)40-31(43)27-28(32(40)44)34(37)23-11-5-4-10-22(23)33(27,36)24-12-6-7-13-25(24)34/h1-17,26-28H,18H2,(H,38,41)(H,39,42)/t26-,27-,28+,33?,34?/m0/s1. The van der Waals surface area contributed by atoms with Crippen LogP contribution in [0.5, 0.6) is 0 Å². The minimum Gasteiger partial charge on any atom is -0.274 e. The quantitative estimate of drug-likeness (QED) is 0.167. The maximum Gasteiger partial charge on any atom is 0.269 e. The average molecular weight is 689 g/mol. The number of nitrogens with one attached hydrogen (secondary N) is 2. The number of halogens is 3. The van der Waals surface area contributed by atoms with Gasteiger partial charge in [-0.1, -0.05) is 94.8 Å². The fourth-order valence-electron chi connectivity index (χ4n) is 7.01. The number of carbonyl (C=O) groups excluding carboxylic acids is 4. The van der Waals surface area contributed by atoms with E-state index in [4.69, 9.17) is 23.2 Å². The normalized spacial score (nSPS) is 25.1. The van der Waals surface area contributed by atoms with Crippen molar-refractivity contribution >= 4 is 62.8 Å². The van der Waals surface area contributed by atoms with Crippen LogP contribution in [0.3, 0.4) is 0 Å². The number of carbonyl (C=O) groups is 4. The van der Waals surface area contributed by atoms with Crippen molar-refractivity contribution in [2.24, 2.45) is 11.8 Å². The number of benzene rings is 4. The van der Waals surface area contributed by atoms with E-state index in [2.05, 4.69) is 26.8 Å². The molecule has 4 aromatic rings. The molecule has 1 aliphatic heterocycles. The summed E-state index contributed by atoms with van der Waals surface area (Å²) < 4.78 is 0.793. The van der Waals surface area contributed by atoms with E-state index >= 15 is 0 Å². The number of hydrazine groups is 1. The van der Waals surface area contributed by atoms with Crippen LogP contribution in [0.25, 0.3) is 0 Å². The van der Waals surface area contributed by atoms with Crippen molar-refractivity contribution in [2.45, 2.75) is 22.2 Å². The first-order valence-corrected chi connectivity index (χ1v) is 15.6. The summed E-state index contributed by atoms with van der Waals surface area (Å²) in [5, 5.41) is 0. The Bertz CT molecular complexity index is 1730. The highest BCUT2D eigenvalue weighted by atomic mass is 79.9. The van der Waals surface area contributed by atoms with Gasteiger partial charge < -0.3 is 0 Å². The van der Waals surface area contributed by atoms with Crippen molar-refractivity contribution in [2.75, 3.05) is 0 Å². The number of hydrogen-bond donors (Lipinski definition) is 2. The van der Waals surface area contributed by atoms with Crippen molar-refractivity contribution in [3.05, 3.63) is 141 Å². The molecule has 3 atom stereocenters. The summed E-state index contributed by atoms with van der Waals surface area (Å²) in [6.07, 6.45) is 0.0161. The van der Waals surface area contributed by atoms with Crippen LogP contribution in [0.15, 0.2) is 108 Å². The van der Waals surface area contributed by atoms with Crippen molar-refractivity contribution in [1.29, 1.82) is 0 Å². The molecule has 0 radical (unpaired) electrons. The third-order valence-electron chi connectivity index (χ3n) is 8.91. The fourth-order valence-corrected chi connectivity index (χ4v) is 8.37. The molecular weight excluding hydrogens is 665 g/mol. The molecule has 0 saturated carbocycles. The molecule has 1 saturated heterocycles. The lowest BCUT2D eigenvalue weighted by Gasteiger charge is -2.54. The molecule has 2 bridgehead atoms. The number of amides is 4. The molecule has 0 spiro atoms. The highest BCUT2D eigenvalue weighted by molar-refractivity contribution is 9.10. The van der Waals surface area contributed by atoms with Gasteiger partial charge in [0.1, 0.15) is 15.8 Å². The van der Waals surface area contributed by atoms with E-state index in [1.54, 1.807) is 36.4 Å². The average Bonchev–Trinajstić information content (AvgIpc) is 3.32. The van der Waals surface area contributed by atoms with Gasteiger partial charge in [-0.25, -0.2) is 0 Å². The van der Waals surface area contributed by atoms with Gasteiger partial charge in [0.15, 0.2) is 0 Å². The molecule has 2 N–H and O–H groups in total. The number of likely N-dealkylation sites (tertiary alicyclic amines) is 1. The van der Waals surface area contributed by atoms with Crippen molar-refractivity contribution in [3.63, 3.8) is 0 Å². The zero-order valence-electron chi connectivity index (χ0n) is 23.0. The molecule has 220 valence electrons. The molecule has 0 aromatic heterocycles. The maximum absolute atomic E-state index is 14.5. The summed E-state index contributed by atoms with van der Waals surface area (Å²) in [5.74, 6) is -4.56. The minimum atomic E-state index is -1.38. The summed E-state index contributed by atoms with van der Waals surface area (Å²) in [7, 11) is 0. The van der Waals surface area contributed by atoms with E-state index in [-0.39, 0.29) is 6.42 Å². The van der Waals surface area contributed by atoms with Gasteiger partial charge in [0.2, 0.25) is 11.8 Å². The van der Waals surface area contributed by atoms with Crippen LogP contribution in [0.4, 0.5) is 0 Å². The minimum absolute atomic E-state index is 0.0161. The summed E-state index contributed by atoms with van der Waals surface area (Å²) in [6.45, 7) is 0. The van der Waals surface area contributed by atoms with Gasteiger partial charge in [0.05, 0.1) is 11.8 Å². The topological polar surface area (TPSA) is 95.6 Å². The smallest absolute Gasteiger partial charge is 0.269 e. The lowest BCUT2D eigenvalue weighted by Crippen LogP contribution is -2.57. The summed E-state index contributed by atoms with van der Waals surface area (Å²) in [4.78, 5) is 54.0. The predicted octanol–water partition coefficient (Wildman–Crippen LogP) is 5.41. The number of imide groups is 1. The van der Waals surface area contributed by atoms with E-state index in [9.17, 15) is 19.2 Å².